The van der Waals surface area contributed by atoms with E-state index in [1.165, 1.54) is 7.11 Å². The van der Waals surface area contributed by atoms with E-state index in [2.05, 4.69) is 9.47 Å². The summed E-state index contributed by atoms with van der Waals surface area (Å²) in [4.78, 5) is 10.4. The highest BCUT2D eigenvalue weighted by Crippen LogP contribution is 1.80. The summed E-state index contributed by atoms with van der Waals surface area (Å²) >= 11 is 5.17. The highest BCUT2D eigenvalue weighted by Gasteiger charge is 1.96. The van der Waals surface area contributed by atoms with Crippen LogP contribution < -0.4 is 0 Å². The van der Waals surface area contributed by atoms with Gasteiger partial charge in [-0.05, 0) is 0 Å². The Kier molecular flexibility index (Phi) is 3.58. The summed E-state index contributed by atoms with van der Waals surface area (Å²) in [6.07, 6.45) is 0. The fourth-order valence-corrected chi connectivity index (χ4v) is 0.285. The zero-order valence-corrected chi connectivity index (χ0v) is 5.77. The summed E-state index contributed by atoms with van der Waals surface area (Å²) in [5.74, 6) is -0.941. The van der Waals surface area contributed by atoms with E-state index in [1.807, 2.05) is 0 Å². The van der Waals surface area contributed by atoms with E-state index in [0.29, 0.717) is 0 Å². The van der Waals surface area contributed by atoms with Crippen LogP contribution in [0.15, 0.2) is 0 Å². The van der Waals surface area contributed by atoms with Crippen molar-refractivity contribution in [1.82, 2.24) is 0 Å². The number of rotatable bonds is 4. The Labute approximate surface area is 61.7 Å². The molecule has 0 aromatic heterocycles. The summed E-state index contributed by atoms with van der Waals surface area (Å²) in [7, 11) is 1.20. The molecule has 0 saturated carbocycles. The van der Waals surface area contributed by atoms with Gasteiger partial charge >= 0.3 is 5.97 Å². The number of esters is 1. The van der Waals surface area contributed by atoms with Gasteiger partial charge in [0.1, 0.15) is 6.61 Å². The van der Waals surface area contributed by atoms with Crippen molar-refractivity contribution in [1.29, 1.82) is 0 Å². The molecule has 0 bridgehead atoms. The van der Waals surface area contributed by atoms with E-state index in [9.17, 15) is 4.79 Å². The van der Waals surface area contributed by atoms with Crippen LogP contribution in [0.4, 0.5) is 0 Å². The summed E-state index contributed by atoms with van der Waals surface area (Å²) in [5, 5.41) is 0. The van der Waals surface area contributed by atoms with Crippen molar-refractivity contribution in [2.75, 3.05) is 26.2 Å². The van der Waals surface area contributed by atoms with Gasteiger partial charge in [-0.25, -0.2) is 4.79 Å². The van der Waals surface area contributed by atoms with Gasteiger partial charge in [-0.3, -0.25) is 0 Å². The van der Waals surface area contributed by atoms with Crippen molar-refractivity contribution in [3.05, 3.63) is 0 Å². The van der Waals surface area contributed by atoms with Crippen LogP contribution in [0.5, 0.6) is 0 Å². The Morgan fingerprint density at radius 1 is 1.89 bits per heavy atom. The average Bonchev–Trinajstić information content (AvgIpc) is 2.00. The lowest BCUT2D eigenvalue weighted by Crippen LogP contribution is -2.11. The highest BCUT2D eigenvalue weighted by molar-refractivity contribution is 6.17. The van der Waals surface area contributed by atoms with Crippen LogP contribution in [0, 0.1) is 0 Å². The first-order valence-corrected chi connectivity index (χ1v) is 2.82. The Morgan fingerprint density at radius 3 is 3.00 bits per heavy atom. The first-order chi connectivity index (χ1) is 5.02. The SMILES string of the molecule is [2H]C([2H])(CCl)OCC(=O)OC. The number of alkyl halides is 1. The molecule has 0 aromatic carbocycles. The molecule has 0 aromatic rings. The van der Waals surface area contributed by atoms with E-state index < -0.39 is 19.1 Å². The standard InChI is InChI=1S/C5H9ClO3/c1-8-5(7)4-9-3-2-6/h2-4H2,1H3/i3D2. The number of ether oxygens (including phenoxy) is 2. The van der Waals surface area contributed by atoms with Crippen LogP contribution in [0.25, 0.3) is 0 Å². The Bertz CT molecular complexity index is 140. The van der Waals surface area contributed by atoms with Crippen LogP contribution >= 0.6 is 11.6 Å². The van der Waals surface area contributed by atoms with Crippen LogP contribution in [0.1, 0.15) is 2.74 Å². The van der Waals surface area contributed by atoms with Crippen molar-refractivity contribution in [3.8, 4) is 0 Å². The maximum atomic E-state index is 10.4. The minimum absolute atomic E-state index is 0.315. The summed E-state index contributed by atoms with van der Waals surface area (Å²) in [6.45, 7) is -2.38. The maximum Gasteiger partial charge on any atom is 0.331 e. The van der Waals surface area contributed by atoms with Gasteiger partial charge in [0.05, 0.1) is 16.4 Å². The molecule has 3 nitrogen and oxygen atoms in total. The zero-order valence-electron chi connectivity index (χ0n) is 7.02. The van der Waals surface area contributed by atoms with E-state index in [-0.39, 0.29) is 5.88 Å². The first-order valence-electron chi connectivity index (χ1n) is 3.28. The van der Waals surface area contributed by atoms with Gasteiger partial charge < -0.3 is 9.47 Å². The molecule has 0 radical (unpaired) electrons. The first kappa shape index (κ1) is 5.50. The van der Waals surface area contributed by atoms with Crippen LogP contribution in [-0.4, -0.2) is 32.1 Å². The number of methoxy groups -OCH3 is 1. The summed E-state index contributed by atoms with van der Waals surface area (Å²) < 4.78 is 22.6. The summed E-state index contributed by atoms with van der Waals surface area (Å²) in [5.41, 5.74) is 0. The lowest BCUT2D eigenvalue weighted by molar-refractivity contribution is -0.145. The van der Waals surface area contributed by atoms with Gasteiger partial charge in [-0.1, -0.05) is 0 Å². The van der Waals surface area contributed by atoms with E-state index in [1.54, 1.807) is 0 Å². The van der Waals surface area contributed by atoms with Crippen molar-refractivity contribution in [2.24, 2.45) is 0 Å². The molecule has 0 unspecified atom stereocenters. The van der Waals surface area contributed by atoms with Gasteiger partial charge in [0.25, 0.3) is 0 Å². The van der Waals surface area contributed by atoms with Crippen molar-refractivity contribution in [2.45, 2.75) is 0 Å². The predicted octanol–water partition coefficient (Wildman–Crippen LogP) is 0.415. The maximum absolute atomic E-state index is 10.4. The Balaban J connectivity index is 3.61. The second-order valence-corrected chi connectivity index (χ2v) is 1.41. The molecule has 0 spiro atoms. The molecule has 0 amide bonds. The van der Waals surface area contributed by atoms with Gasteiger partial charge in [-0.2, -0.15) is 0 Å². The number of hydrogen-bond acceptors (Lipinski definition) is 3. The van der Waals surface area contributed by atoms with E-state index >= 15 is 0 Å². The quantitative estimate of drug-likeness (QED) is 0.435. The molecular formula is C5H9ClO3. The van der Waals surface area contributed by atoms with Gasteiger partial charge in [0.2, 0.25) is 0 Å². The number of hydrogen-bond donors (Lipinski definition) is 0. The molecule has 0 N–H and O–H groups in total. The minimum atomic E-state index is -1.96. The summed E-state index contributed by atoms with van der Waals surface area (Å²) in [6, 6.07) is 0. The Hall–Kier alpha value is -0.280. The molecule has 0 aliphatic rings. The Morgan fingerprint density at radius 2 is 2.56 bits per heavy atom. The average molecular weight is 155 g/mol. The molecule has 0 fully saturated rings. The molecule has 4 heteroatoms. The molecule has 0 saturated heterocycles. The van der Waals surface area contributed by atoms with Crippen LogP contribution in [-0.2, 0) is 14.3 Å². The molecule has 0 heterocycles. The third kappa shape index (κ3) is 5.59. The van der Waals surface area contributed by atoms with Crippen molar-refractivity contribution >= 4 is 17.6 Å². The molecule has 0 rings (SSSR count). The van der Waals surface area contributed by atoms with Gasteiger partial charge in [0, 0.05) is 5.88 Å². The number of carbonyl (C=O) groups excluding carboxylic acids is 1. The fourth-order valence-electron chi connectivity index (χ4n) is 0.207. The molecule has 0 aliphatic heterocycles. The zero-order chi connectivity index (χ0) is 8.91. The van der Waals surface area contributed by atoms with Gasteiger partial charge in [-0.15, -0.1) is 11.6 Å². The third-order valence-electron chi connectivity index (χ3n) is 0.574. The molecular weight excluding hydrogens is 144 g/mol. The third-order valence-corrected chi connectivity index (χ3v) is 0.683. The topological polar surface area (TPSA) is 35.5 Å². The van der Waals surface area contributed by atoms with Gasteiger partial charge in [0.15, 0.2) is 0 Å². The lowest BCUT2D eigenvalue weighted by Gasteiger charge is -1.97. The lowest BCUT2D eigenvalue weighted by atomic mass is 10.7. The molecule has 0 aliphatic carbocycles. The predicted molar refractivity (Wildman–Crippen MR) is 33.6 cm³/mol. The van der Waals surface area contributed by atoms with Crippen molar-refractivity contribution < 1.29 is 17.0 Å². The number of halogens is 1. The van der Waals surface area contributed by atoms with Crippen LogP contribution in [0.3, 0.4) is 0 Å². The van der Waals surface area contributed by atoms with E-state index in [0.717, 1.165) is 0 Å². The second kappa shape index (κ2) is 5.85. The van der Waals surface area contributed by atoms with Crippen molar-refractivity contribution in [3.63, 3.8) is 0 Å². The molecule has 54 valence electrons. The molecule has 9 heavy (non-hydrogen) atoms. The van der Waals surface area contributed by atoms with E-state index in [4.69, 9.17) is 14.3 Å². The minimum Gasteiger partial charge on any atom is -0.467 e. The largest absolute Gasteiger partial charge is 0.467 e. The highest BCUT2D eigenvalue weighted by atomic mass is 35.5. The monoisotopic (exact) mass is 154 g/mol. The molecule has 0 atom stereocenters. The second-order valence-electron chi connectivity index (χ2n) is 1.14. The smallest absolute Gasteiger partial charge is 0.331 e. The fraction of sp³-hybridized carbons (Fsp3) is 0.800. The number of carbonyl (C=O) groups is 1. The normalized spacial score (nSPS) is 14.0. The van der Waals surface area contributed by atoms with Crippen LogP contribution in [0.2, 0.25) is 0 Å².